The first-order valence-corrected chi connectivity index (χ1v) is 10.3. The molecule has 5 heteroatoms. The molecule has 0 aromatic heterocycles. The number of piperidine rings is 1. The predicted molar refractivity (Wildman–Crippen MR) is 102 cm³/mol. The number of hydrogen-bond acceptors (Lipinski definition) is 3. The van der Waals surface area contributed by atoms with Crippen LogP contribution in [-0.2, 0) is 9.59 Å². The molecular formula is C20H28N2O2S. The lowest BCUT2D eigenvalue weighted by Crippen LogP contribution is -2.39. The molecule has 2 amide bonds. The van der Waals surface area contributed by atoms with Gasteiger partial charge in [0.2, 0.25) is 11.8 Å². The molecule has 2 aliphatic rings. The second-order valence-electron chi connectivity index (χ2n) is 7.05. The number of carbonyl (C=O) groups excluding carboxylic acids is 2. The second-order valence-corrected chi connectivity index (χ2v) is 8.39. The summed E-state index contributed by atoms with van der Waals surface area (Å²) in [5, 5.41) is 0.604. The summed E-state index contributed by atoms with van der Waals surface area (Å²) in [6, 6.07) is 8.53. The van der Waals surface area contributed by atoms with Crippen LogP contribution in [0.5, 0.6) is 0 Å². The van der Waals surface area contributed by atoms with Gasteiger partial charge in [-0.3, -0.25) is 9.59 Å². The highest BCUT2D eigenvalue weighted by atomic mass is 32.2. The third kappa shape index (κ3) is 5.00. The van der Waals surface area contributed by atoms with Crippen molar-refractivity contribution >= 4 is 23.6 Å². The molecule has 4 nitrogen and oxygen atoms in total. The summed E-state index contributed by atoms with van der Waals surface area (Å²) < 4.78 is 0. The lowest BCUT2D eigenvalue weighted by Gasteiger charge is -2.32. The Balaban J connectivity index is 1.37. The molecule has 0 spiro atoms. The third-order valence-corrected chi connectivity index (χ3v) is 6.69. The van der Waals surface area contributed by atoms with Gasteiger partial charge in [0.1, 0.15) is 0 Å². The molecule has 0 N–H and O–H groups in total. The first kappa shape index (κ1) is 18.3. The summed E-state index contributed by atoms with van der Waals surface area (Å²) >= 11 is 1.96. The van der Waals surface area contributed by atoms with Crippen molar-refractivity contribution in [3.63, 3.8) is 0 Å². The Hall–Kier alpha value is -1.49. The Kier molecular flexibility index (Phi) is 6.40. The minimum Gasteiger partial charge on any atom is -0.343 e. The van der Waals surface area contributed by atoms with E-state index in [-0.39, 0.29) is 11.8 Å². The molecule has 2 heterocycles. The van der Waals surface area contributed by atoms with E-state index in [2.05, 4.69) is 31.2 Å². The Morgan fingerprint density at radius 2 is 1.96 bits per heavy atom. The Morgan fingerprint density at radius 3 is 2.64 bits per heavy atom. The molecule has 2 saturated heterocycles. The molecule has 2 fully saturated rings. The van der Waals surface area contributed by atoms with Crippen molar-refractivity contribution in [2.75, 3.05) is 26.2 Å². The third-order valence-electron chi connectivity index (χ3n) is 5.17. The maximum atomic E-state index is 12.4. The maximum Gasteiger partial charge on any atom is 0.222 e. The SMILES string of the molecule is Cc1ccccc1SC1CCN(C(=O)CCCN2CCCC2=O)CC1. The Morgan fingerprint density at radius 1 is 1.20 bits per heavy atom. The smallest absolute Gasteiger partial charge is 0.222 e. The molecule has 2 aliphatic heterocycles. The fourth-order valence-corrected chi connectivity index (χ4v) is 4.83. The van der Waals surface area contributed by atoms with E-state index in [1.807, 2.05) is 21.6 Å². The summed E-state index contributed by atoms with van der Waals surface area (Å²) in [5.74, 6) is 0.507. The van der Waals surface area contributed by atoms with E-state index >= 15 is 0 Å². The highest BCUT2D eigenvalue weighted by Crippen LogP contribution is 2.32. The number of nitrogens with zero attached hydrogens (tertiary/aromatic N) is 2. The number of aryl methyl sites for hydroxylation is 1. The molecular weight excluding hydrogens is 332 g/mol. The zero-order valence-electron chi connectivity index (χ0n) is 15.1. The number of benzene rings is 1. The Bertz CT molecular complexity index is 611. The fourth-order valence-electron chi connectivity index (χ4n) is 3.61. The normalized spacial score (nSPS) is 18.8. The van der Waals surface area contributed by atoms with Crippen LogP contribution >= 0.6 is 11.8 Å². The van der Waals surface area contributed by atoms with Gasteiger partial charge < -0.3 is 9.80 Å². The van der Waals surface area contributed by atoms with Crippen LogP contribution < -0.4 is 0 Å². The Labute approximate surface area is 154 Å². The molecule has 1 aromatic rings. The highest BCUT2D eigenvalue weighted by Gasteiger charge is 2.24. The van der Waals surface area contributed by atoms with Crippen LogP contribution in [-0.4, -0.2) is 53.0 Å². The van der Waals surface area contributed by atoms with Crippen LogP contribution in [0.25, 0.3) is 0 Å². The quantitative estimate of drug-likeness (QED) is 0.780. The molecule has 0 atom stereocenters. The van der Waals surface area contributed by atoms with Crippen LogP contribution in [0.4, 0.5) is 0 Å². The second kappa shape index (κ2) is 8.75. The highest BCUT2D eigenvalue weighted by molar-refractivity contribution is 8.00. The van der Waals surface area contributed by atoms with Gasteiger partial charge in [0.25, 0.3) is 0 Å². The van der Waals surface area contributed by atoms with Crippen molar-refractivity contribution in [2.24, 2.45) is 0 Å². The van der Waals surface area contributed by atoms with Gasteiger partial charge in [-0.1, -0.05) is 18.2 Å². The van der Waals surface area contributed by atoms with E-state index < -0.39 is 0 Å². The van der Waals surface area contributed by atoms with E-state index in [4.69, 9.17) is 0 Å². The maximum absolute atomic E-state index is 12.4. The first-order valence-electron chi connectivity index (χ1n) is 9.41. The fraction of sp³-hybridized carbons (Fsp3) is 0.600. The predicted octanol–water partition coefficient (Wildman–Crippen LogP) is 3.48. The van der Waals surface area contributed by atoms with Crippen molar-refractivity contribution < 1.29 is 9.59 Å². The number of amides is 2. The van der Waals surface area contributed by atoms with E-state index in [1.54, 1.807) is 0 Å². The van der Waals surface area contributed by atoms with Gasteiger partial charge in [-0.05, 0) is 44.2 Å². The van der Waals surface area contributed by atoms with Gasteiger partial charge >= 0.3 is 0 Å². The van der Waals surface area contributed by atoms with Crippen molar-refractivity contribution in [1.82, 2.24) is 9.80 Å². The van der Waals surface area contributed by atoms with Crippen molar-refractivity contribution in [3.05, 3.63) is 29.8 Å². The summed E-state index contributed by atoms with van der Waals surface area (Å²) in [6.07, 6.45) is 5.14. The number of thioether (sulfide) groups is 1. The molecule has 136 valence electrons. The molecule has 3 rings (SSSR count). The molecule has 0 radical (unpaired) electrons. The van der Waals surface area contributed by atoms with E-state index in [0.717, 1.165) is 51.9 Å². The summed E-state index contributed by atoms with van der Waals surface area (Å²) in [5.41, 5.74) is 1.34. The minimum atomic E-state index is 0.251. The average molecular weight is 361 g/mol. The number of rotatable bonds is 6. The van der Waals surface area contributed by atoms with Gasteiger partial charge in [-0.15, -0.1) is 11.8 Å². The lowest BCUT2D eigenvalue weighted by molar-refractivity contribution is -0.133. The molecule has 0 bridgehead atoms. The molecule has 0 saturated carbocycles. The summed E-state index contributed by atoms with van der Waals surface area (Å²) in [7, 11) is 0. The van der Waals surface area contributed by atoms with Gasteiger partial charge in [0, 0.05) is 49.2 Å². The van der Waals surface area contributed by atoms with Crippen molar-refractivity contribution in [1.29, 1.82) is 0 Å². The van der Waals surface area contributed by atoms with E-state index in [9.17, 15) is 9.59 Å². The first-order chi connectivity index (χ1) is 12.1. The van der Waals surface area contributed by atoms with Crippen LogP contribution in [0, 0.1) is 6.92 Å². The van der Waals surface area contributed by atoms with Crippen LogP contribution in [0.1, 0.15) is 44.1 Å². The van der Waals surface area contributed by atoms with E-state index in [0.29, 0.717) is 18.1 Å². The summed E-state index contributed by atoms with van der Waals surface area (Å²) in [4.78, 5) is 29.3. The standard InChI is InChI=1S/C20H28N2O2S/c1-16-6-2-3-7-18(16)25-17-10-14-22(15-11-17)20(24)9-5-13-21-12-4-8-19(21)23/h2-3,6-7,17H,4-5,8-15H2,1H3. The van der Waals surface area contributed by atoms with E-state index in [1.165, 1.54) is 10.5 Å². The van der Waals surface area contributed by atoms with Crippen LogP contribution in [0.15, 0.2) is 29.2 Å². The van der Waals surface area contributed by atoms with Crippen LogP contribution in [0.3, 0.4) is 0 Å². The zero-order chi connectivity index (χ0) is 17.6. The van der Waals surface area contributed by atoms with Crippen molar-refractivity contribution in [2.45, 2.75) is 55.6 Å². The number of carbonyl (C=O) groups is 2. The number of hydrogen-bond donors (Lipinski definition) is 0. The molecule has 1 aromatic carbocycles. The van der Waals surface area contributed by atoms with Gasteiger partial charge in [-0.25, -0.2) is 0 Å². The molecule has 0 unspecified atom stereocenters. The topological polar surface area (TPSA) is 40.6 Å². The van der Waals surface area contributed by atoms with Crippen LogP contribution in [0.2, 0.25) is 0 Å². The lowest BCUT2D eigenvalue weighted by atomic mass is 10.1. The monoisotopic (exact) mass is 360 g/mol. The van der Waals surface area contributed by atoms with Gasteiger partial charge in [0.15, 0.2) is 0 Å². The van der Waals surface area contributed by atoms with Gasteiger partial charge in [-0.2, -0.15) is 0 Å². The van der Waals surface area contributed by atoms with Gasteiger partial charge in [0.05, 0.1) is 0 Å². The largest absolute Gasteiger partial charge is 0.343 e. The average Bonchev–Trinajstić information content (AvgIpc) is 3.02. The minimum absolute atomic E-state index is 0.251. The van der Waals surface area contributed by atoms with Crippen molar-refractivity contribution in [3.8, 4) is 0 Å². The molecule has 25 heavy (non-hydrogen) atoms. The zero-order valence-corrected chi connectivity index (χ0v) is 15.9. The number of likely N-dealkylation sites (tertiary alicyclic amines) is 2. The summed E-state index contributed by atoms with van der Waals surface area (Å²) in [6.45, 7) is 5.50. The molecule has 0 aliphatic carbocycles.